The fourth-order valence-electron chi connectivity index (χ4n) is 4.29. The molecule has 0 unspecified atom stereocenters. The van der Waals surface area contributed by atoms with Gasteiger partial charge in [-0.1, -0.05) is 24.3 Å². The third-order valence-electron chi connectivity index (χ3n) is 6.26. The van der Waals surface area contributed by atoms with Crippen molar-refractivity contribution < 1.29 is 105 Å². The Labute approximate surface area is 298 Å². The normalized spacial score (nSPS) is 11.0. The zero-order valence-electron chi connectivity index (χ0n) is 24.3. The van der Waals surface area contributed by atoms with E-state index >= 15 is 0 Å². The van der Waals surface area contributed by atoms with Gasteiger partial charge in [-0.3, -0.25) is 8.61 Å². The van der Waals surface area contributed by atoms with Gasteiger partial charge in [0.25, 0.3) is 20.0 Å². The van der Waals surface area contributed by atoms with Gasteiger partial charge >= 0.3 is 59.1 Å². The van der Waals surface area contributed by atoms with E-state index in [0.717, 1.165) is 0 Å². The molecule has 220 valence electrons. The van der Waals surface area contributed by atoms with E-state index in [9.17, 15) is 36.6 Å². The van der Waals surface area contributed by atoms with Gasteiger partial charge < -0.3 is 29.3 Å². The summed E-state index contributed by atoms with van der Waals surface area (Å²) < 4.78 is 66.0. The number of aliphatic carboxylic acids is 2. The average Bonchev–Trinajstić information content (AvgIpc) is 2.98. The standard InChI is InChI=1S/C28H26N2O10S2.2Na/c1-39-19-7-11-21(12-8-19)41(35,36)29(17-27(31)32)25-15-16-26(24-6-4-3-5-23(24)25)30(18-28(33)34)42(37,38)22-13-9-20(40-2)10-14-22;;/h3-16H,17-18H2,1-2H3,(H,31,32)(H,33,34);;/q;2*+1/p-2. The van der Waals surface area contributed by atoms with Gasteiger partial charge in [-0.2, -0.15) is 0 Å². The molecule has 0 aromatic heterocycles. The Balaban J connectivity index is 0.00000337. The molecule has 0 heterocycles. The van der Waals surface area contributed by atoms with Gasteiger partial charge in [0.15, 0.2) is 0 Å². The molecule has 0 atom stereocenters. The first kappa shape index (κ1) is 37.4. The van der Waals surface area contributed by atoms with E-state index in [0.29, 0.717) is 20.1 Å². The Morgan fingerprint density at radius 1 is 0.591 bits per heavy atom. The molecule has 0 aliphatic rings. The van der Waals surface area contributed by atoms with E-state index in [-0.39, 0.29) is 91.1 Å². The number of benzene rings is 4. The molecule has 0 bridgehead atoms. The molecule has 0 aliphatic carbocycles. The smallest absolute Gasteiger partial charge is 0.548 e. The van der Waals surface area contributed by atoms with Crippen molar-refractivity contribution in [3.05, 3.63) is 84.9 Å². The summed E-state index contributed by atoms with van der Waals surface area (Å²) in [5.74, 6) is -2.63. The van der Waals surface area contributed by atoms with Gasteiger partial charge in [0.2, 0.25) is 0 Å². The Bertz CT molecular complexity index is 1720. The fraction of sp³-hybridized carbons (Fsp3) is 0.143. The largest absolute Gasteiger partial charge is 1.00 e. The molecule has 44 heavy (non-hydrogen) atoms. The first-order valence-corrected chi connectivity index (χ1v) is 15.0. The van der Waals surface area contributed by atoms with Crippen LogP contribution in [0.4, 0.5) is 11.4 Å². The molecule has 4 rings (SSSR count). The second kappa shape index (κ2) is 15.5. The molecule has 0 saturated heterocycles. The minimum Gasteiger partial charge on any atom is -0.548 e. The number of hydrogen-bond donors (Lipinski definition) is 0. The van der Waals surface area contributed by atoms with Crippen LogP contribution in [0, 0.1) is 0 Å². The van der Waals surface area contributed by atoms with Gasteiger partial charge in [-0.05, 0) is 60.7 Å². The van der Waals surface area contributed by atoms with Crippen LogP contribution in [-0.4, -0.2) is 56.1 Å². The van der Waals surface area contributed by atoms with Crippen LogP contribution in [-0.2, 0) is 29.6 Å². The topological polar surface area (TPSA) is 173 Å². The molecule has 0 radical (unpaired) electrons. The Morgan fingerprint density at radius 2 is 0.909 bits per heavy atom. The maximum Gasteiger partial charge on any atom is 1.00 e. The van der Waals surface area contributed by atoms with Crippen molar-refractivity contribution in [3.8, 4) is 11.5 Å². The number of carboxylic acid groups (broad SMARTS) is 2. The third kappa shape index (κ3) is 7.87. The van der Waals surface area contributed by atoms with Gasteiger partial charge in [-0.25, -0.2) is 16.8 Å². The SMILES string of the molecule is COc1ccc(S(=O)(=O)N(CC(=O)[O-])c2ccc(N(CC(=O)[O-])S(=O)(=O)c3ccc(OC)cc3)c3ccccc23)cc1.[Na+].[Na+]. The number of fused-ring (bicyclic) bond motifs is 1. The molecule has 12 nitrogen and oxygen atoms in total. The Morgan fingerprint density at radius 3 is 1.18 bits per heavy atom. The molecule has 0 aliphatic heterocycles. The van der Waals surface area contributed by atoms with E-state index in [1.165, 1.54) is 99.1 Å². The van der Waals surface area contributed by atoms with Crippen molar-refractivity contribution in [2.75, 3.05) is 35.9 Å². The first-order chi connectivity index (χ1) is 19.9. The van der Waals surface area contributed by atoms with Crippen LogP contribution in [0.1, 0.15) is 0 Å². The molecule has 0 fully saturated rings. The minimum atomic E-state index is -4.49. The molecular formula is C28H24N2Na2O10S2. The molecule has 0 spiro atoms. The summed E-state index contributed by atoms with van der Waals surface area (Å²) in [7, 11) is -6.17. The molecule has 4 aromatic carbocycles. The summed E-state index contributed by atoms with van der Waals surface area (Å²) in [6.07, 6.45) is 0. The number of nitrogens with zero attached hydrogens (tertiary/aromatic N) is 2. The van der Waals surface area contributed by atoms with Crippen LogP contribution in [0.2, 0.25) is 0 Å². The summed E-state index contributed by atoms with van der Waals surface area (Å²) in [5.41, 5.74) is -0.214. The fourth-order valence-corrected chi connectivity index (χ4v) is 7.14. The number of ether oxygens (including phenoxy) is 2. The average molecular weight is 659 g/mol. The first-order valence-electron chi connectivity index (χ1n) is 12.1. The van der Waals surface area contributed by atoms with Gasteiger partial charge in [0.1, 0.15) is 11.5 Å². The van der Waals surface area contributed by atoms with Gasteiger partial charge in [0, 0.05) is 10.8 Å². The van der Waals surface area contributed by atoms with E-state index in [4.69, 9.17) is 9.47 Å². The van der Waals surface area contributed by atoms with Gasteiger partial charge in [-0.15, -0.1) is 0 Å². The van der Waals surface area contributed by atoms with E-state index in [1.54, 1.807) is 0 Å². The number of carbonyl (C=O) groups excluding carboxylic acids is 2. The molecule has 0 N–H and O–H groups in total. The quantitative estimate of drug-likeness (QED) is 0.134. The second-order valence-electron chi connectivity index (χ2n) is 8.77. The van der Waals surface area contributed by atoms with Crippen molar-refractivity contribution in [1.82, 2.24) is 0 Å². The van der Waals surface area contributed by atoms with Crippen LogP contribution in [0.15, 0.2) is 94.7 Å². The van der Waals surface area contributed by atoms with Crippen LogP contribution in [0.5, 0.6) is 11.5 Å². The van der Waals surface area contributed by atoms with Crippen LogP contribution >= 0.6 is 0 Å². The summed E-state index contributed by atoms with van der Waals surface area (Å²) in [4.78, 5) is 23.0. The number of anilines is 2. The second-order valence-corrected chi connectivity index (χ2v) is 12.5. The number of methoxy groups -OCH3 is 2. The van der Waals surface area contributed by atoms with Crippen molar-refractivity contribution in [3.63, 3.8) is 0 Å². The van der Waals surface area contributed by atoms with E-state index < -0.39 is 45.1 Å². The number of carboxylic acids is 2. The van der Waals surface area contributed by atoms with E-state index in [2.05, 4.69) is 0 Å². The summed E-state index contributed by atoms with van der Waals surface area (Å²) >= 11 is 0. The predicted octanol–water partition coefficient (Wildman–Crippen LogP) is -5.24. The summed E-state index contributed by atoms with van der Waals surface area (Å²) in [6, 6.07) is 19.0. The van der Waals surface area contributed by atoms with Gasteiger partial charge in [0.05, 0.1) is 60.4 Å². The maximum atomic E-state index is 13.7. The molecular weight excluding hydrogens is 634 g/mol. The monoisotopic (exact) mass is 658 g/mol. The van der Waals surface area contributed by atoms with Crippen LogP contribution in [0.3, 0.4) is 0 Å². The van der Waals surface area contributed by atoms with Crippen molar-refractivity contribution in [2.45, 2.75) is 9.79 Å². The molecule has 4 aromatic rings. The Kier molecular flexibility index (Phi) is 13.1. The Hall–Kier alpha value is -2.82. The zero-order chi connectivity index (χ0) is 30.7. The van der Waals surface area contributed by atoms with E-state index in [1.807, 2.05) is 0 Å². The number of rotatable bonds is 12. The maximum absolute atomic E-state index is 13.7. The van der Waals surface area contributed by atoms with Crippen LogP contribution in [0.25, 0.3) is 10.8 Å². The predicted molar refractivity (Wildman–Crippen MR) is 149 cm³/mol. The van der Waals surface area contributed by atoms with Crippen molar-refractivity contribution >= 4 is 54.1 Å². The number of carbonyl (C=O) groups is 2. The van der Waals surface area contributed by atoms with Crippen LogP contribution < -0.4 is 87.4 Å². The minimum absolute atomic E-state index is 0. The number of sulfonamides is 2. The third-order valence-corrected chi connectivity index (χ3v) is 9.80. The number of hydrogen-bond acceptors (Lipinski definition) is 10. The van der Waals surface area contributed by atoms with Crippen molar-refractivity contribution in [1.29, 1.82) is 0 Å². The zero-order valence-corrected chi connectivity index (χ0v) is 29.9. The van der Waals surface area contributed by atoms with Crippen molar-refractivity contribution in [2.24, 2.45) is 0 Å². The molecule has 0 amide bonds. The molecule has 16 heteroatoms. The summed E-state index contributed by atoms with van der Waals surface area (Å²) in [6.45, 7) is -2.13. The summed E-state index contributed by atoms with van der Waals surface area (Å²) in [5, 5.41) is 23.7. The molecule has 0 saturated carbocycles.